The third-order valence-corrected chi connectivity index (χ3v) is 17.1. The summed E-state index contributed by atoms with van der Waals surface area (Å²) in [6, 6.07) is 13.1. The first kappa shape index (κ1) is 52.2. The lowest BCUT2D eigenvalue weighted by Gasteiger charge is -2.48. The number of hydrogen-bond acceptors (Lipinski definition) is 13. The predicted octanol–water partition coefficient (Wildman–Crippen LogP) is 7.44. The van der Waals surface area contributed by atoms with E-state index in [-0.39, 0.29) is 35.3 Å². The zero-order chi connectivity index (χ0) is 53.2. The molecule has 3 aromatic heterocycles. The molecule has 2 saturated heterocycles. The molecule has 17 nitrogen and oxygen atoms in total. The second kappa shape index (κ2) is 19.9. The smallest absolute Gasteiger partial charge is 0.404 e. The number of carbonyl (C=O) groups excluding carboxylic acids is 2. The van der Waals surface area contributed by atoms with Gasteiger partial charge in [-0.25, -0.2) is 18.4 Å². The highest BCUT2D eigenvalue weighted by atomic mass is 32.2. The van der Waals surface area contributed by atoms with Crippen LogP contribution in [0.4, 0.5) is 47.6 Å². The molecule has 0 bridgehead atoms. The third kappa shape index (κ3) is 10.1. The number of hydrogen-bond donors (Lipinski definition) is 3. The van der Waals surface area contributed by atoms with Gasteiger partial charge in [-0.3, -0.25) is 24.2 Å². The summed E-state index contributed by atoms with van der Waals surface area (Å²) in [6.07, 6.45) is 2.45. The maximum absolute atomic E-state index is 14.1. The van der Waals surface area contributed by atoms with E-state index in [9.17, 15) is 41.1 Å². The lowest BCUT2D eigenvalue weighted by Crippen LogP contribution is -2.58. The molecule has 3 N–H and O–H groups in total. The Morgan fingerprint density at radius 1 is 1.00 bits per heavy atom. The normalized spacial score (nSPS) is 20.1. The third-order valence-electron chi connectivity index (χ3n) is 14.9. The van der Waals surface area contributed by atoms with Crippen molar-refractivity contribution in [3.63, 3.8) is 0 Å². The number of fused-ring (bicyclic) bond motifs is 3. The van der Waals surface area contributed by atoms with E-state index in [1.165, 1.54) is 47.9 Å². The van der Waals surface area contributed by atoms with Crippen LogP contribution in [-0.2, 0) is 47.7 Å². The highest BCUT2D eigenvalue weighted by Crippen LogP contribution is 2.42. The maximum Gasteiger partial charge on any atom is 0.573 e. The molecule has 3 atom stereocenters. The molecule has 5 aromatic rings. The summed E-state index contributed by atoms with van der Waals surface area (Å²) in [4.78, 5) is 57.7. The summed E-state index contributed by atoms with van der Waals surface area (Å²) >= 11 is 0. The number of aromatic nitrogens is 4. The molecule has 1 unspecified atom stereocenters. The highest BCUT2D eigenvalue weighted by molar-refractivity contribution is 7.92. The first-order chi connectivity index (χ1) is 35.0. The van der Waals surface area contributed by atoms with Gasteiger partial charge in [-0.05, 0) is 113 Å². The van der Waals surface area contributed by atoms with Crippen LogP contribution in [0.25, 0.3) is 11.3 Å². The number of piperidine rings is 1. The molecule has 2 amide bonds. The zero-order valence-corrected chi connectivity index (χ0v) is 43.5. The fourth-order valence-electron chi connectivity index (χ4n) is 11.2. The molecule has 394 valence electrons. The number of aliphatic hydroxyl groups excluding tert-OH is 1. The first-order valence-corrected chi connectivity index (χ1v) is 26.5. The number of carbonyl (C=O) groups is 2. The average molecular weight is 1040 g/mol. The number of ether oxygens (including phenoxy) is 1. The van der Waals surface area contributed by atoms with Gasteiger partial charge in [-0.1, -0.05) is 20.4 Å². The molecule has 1 aliphatic carbocycles. The van der Waals surface area contributed by atoms with Gasteiger partial charge in [0.2, 0.25) is 5.91 Å². The summed E-state index contributed by atoms with van der Waals surface area (Å²) < 4.78 is 74.2. The molecule has 2 aromatic carbocycles. The van der Waals surface area contributed by atoms with E-state index in [1.54, 1.807) is 48.6 Å². The van der Waals surface area contributed by atoms with Gasteiger partial charge in [0.05, 0.1) is 28.9 Å². The second-order valence-electron chi connectivity index (χ2n) is 20.9. The van der Waals surface area contributed by atoms with Crippen molar-refractivity contribution in [1.29, 1.82) is 0 Å². The Kier molecular flexibility index (Phi) is 14.0. The van der Waals surface area contributed by atoms with E-state index in [0.29, 0.717) is 97.5 Å². The number of pyridine rings is 1. The second-order valence-corrected chi connectivity index (χ2v) is 23.4. The van der Waals surface area contributed by atoms with E-state index < -0.39 is 50.2 Å². The summed E-state index contributed by atoms with van der Waals surface area (Å²) in [5.74, 6) is -1.06. The van der Waals surface area contributed by atoms with Gasteiger partial charge < -0.3 is 39.4 Å². The average Bonchev–Trinajstić information content (AvgIpc) is 3.84. The number of benzene rings is 2. The number of nitrogens with one attached hydrogen (secondary N) is 2. The largest absolute Gasteiger partial charge is 0.573 e. The van der Waals surface area contributed by atoms with Crippen LogP contribution in [0.2, 0.25) is 0 Å². The van der Waals surface area contributed by atoms with Crippen molar-refractivity contribution in [1.82, 2.24) is 24.0 Å². The Hall–Kier alpha value is -6.71. The monoisotopic (exact) mass is 1040 g/mol. The van der Waals surface area contributed by atoms with Crippen LogP contribution in [0.3, 0.4) is 0 Å². The fraction of sp³-hybridized carbons (Fsp3) is 0.453. The molecule has 2 fully saturated rings. The number of amides is 2. The van der Waals surface area contributed by atoms with Crippen LogP contribution in [-0.4, -0.2) is 112 Å². The van der Waals surface area contributed by atoms with Gasteiger partial charge in [0, 0.05) is 111 Å². The van der Waals surface area contributed by atoms with E-state index in [0.717, 1.165) is 18.5 Å². The Morgan fingerprint density at radius 3 is 2.46 bits per heavy atom. The summed E-state index contributed by atoms with van der Waals surface area (Å²) in [7, 11) is -2.46. The molecule has 74 heavy (non-hydrogen) atoms. The number of aliphatic hydroxyl groups is 1. The van der Waals surface area contributed by atoms with Crippen molar-refractivity contribution in [2.45, 2.75) is 115 Å². The number of rotatable bonds is 13. The van der Waals surface area contributed by atoms with Crippen LogP contribution in [0, 0.1) is 5.41 Å². The molecule has 6 heterocycles. The molecule has 0 spiro atoms. The lowest BCUT2D eigenvalue weighted by atomic mass is 9.90. The molecule has 3 aliphatic heterocycles. The number of alkyl halides is 3. The quantitative estimate of drug-likeness (QED) is 0.0989. The molecular formula is C53H63F3N10O7S. The van der Waals surface area contributed by atoms with Crippen molar-refractivity contribution in [2.75, 3.05) is 58.1 Å². The minimum Gasteiger partial charge on any atom is -0.404 e. The van der Waals surface area contributed by atoms with Crippen LogP contribution < -0.4 is 35.6 Å². The number of nitrogens with zero attached hydrogens (tertiary/aromatic N) is 8. The summed E-state index contributed by atoms with van der Waals surface area (Å²) in [6.45, 7) is 18.0. The number of aryl methyl sites for hydroxylation is 1. The Balaban J connectivity index is 0.909. The molecular weight excluding hydrogens is 978 g/mol. The lowest BCUT2D eigenvalue weighted by molar-refractivity contribution is -0.275. The molecule has 21 heteroatoms. The van der Waals surface area contributed by atoms with E-state index in [1.807, 2.05) is 24.0 Å². The topological polar surface area (TPSA) is 187 Å². The number of piperazine rings is 1. The van der Waals surface area contributed by atoms with Crippen molar-refractivity contribution < 1.29 is 41.0 Å². The predicted molar refractivity (Wildman–Crippen MR) is 278 cm³/mol. The van der Waals surface area contributed by atoms with Crippen LogP contribution in [0.5, 0.6) is 5.75 Å². The van der Waals surface area contributed by atoms with Crippen molar-refractivity contribution >= 4 is 56.0 Å². The Morgan fingerprint density at radius 2 is 1.77 bits per heavy atom. The van der Waals surface area contributed by atoms with Gasteiger partial charge >= 0.3 is 6.36 Å². The van der Waals surface area contributed by atoms with Gasteiger partial charge in [0.1, 0.15) is 22.2 Å². The van der Waals surface area contributed by atoms with Crippen molar-refractivity contribution in [2.24, 2.45) is 12.5 Å². The number of halogens is 3. The molecule has 9 rings (SSSR count). The summed E-state index contributed by atoms with van der Waals surface area (Å²) in [5, 5.41) is 16.0. The van der Waals surface area contributed by atoms with E-state index in [4.69, 9.17) is 4.98 Å². The van der Waals surface area contributed by atoms with Crippen LogP contribution in [0.1, 0.15) is 81.7 Å². The number of sulfone groups is 1. The summed E-state index contributed by atoms with van der Waals surface area (Å²) in [5.41, 5.74) is 6.08. The van der Waals surface area contributed by atoms with Crippen molar-refractivity contribution in [3.05, 3.63) is 106 Å². The van der Waals surface area contributed by atoms with Gasteiger partial charge in [0.15, 0.2) is 15.7 Å². The number of anilines is 6. The van der Waals surface area contributed by atoms with Gasteiger partial charge in [-0.15, -0.1) is 13.2 Å². The van der Waals surface area contributed by atoms with Crippen molar-refractivity contribution in [3.8, 4) is 17.0 Å². The molecule has 0 radical (unpaired) electrons. The minimum absolute atomic E-state index is 0.0151. The molecule has 0 saturated carbocycles. The maximum atomic E-state index is 14.1. The van der Waals surface area contributed by atoms with E-state index >= 15 is 0 Å². The van der Waals surface area contributed by atoms with Crippen LogP contribution >= 0.6 is 0 Å². The van der Waals surface area contributed by atoms with E-state index in [2.05, 4.69) is 62.1 Å². The van der Waals surface area contributed by atoms with Gasteiger partial charge in [0.25, 0.3) is 11.5 Å². The fourth-order valence-corrected chi connectivity index (χ4v) is 12.4. The molecule has 4 aliphatic rings. The first-order valence-electron chi connectivity index (χ1n) is 24.9. The Bertz CT molecular complexity index is 3210. The SMILES string of the molecule is C=CC(=O)Nc1cc(Nc2nc(-c3ccnc(N4CCn5c(cc6c5CC(C)(C)C6)C4=O)c3CO)cn(C)c2=O)ccc1N1CCN(C2CCN(c3ccc(S(=O)(=O)C(C)C)c(OC(F)(F)F)c3)[C@H](C)C2)C[C@@H]1C. The minimum atomic E-state index is -5.08. The highest BCUT2D eigenvalue weighted by Gasteiger charge is 2.40. The Labute approximate surface area is 428 Å². The van der Waals surface area contributed by atoms with Crippen LogP contribution in [0.15, 0.2) is 83.3 Å². The standard InChI is InChI=1S/C53H63F3N10O7S/c1-9-47(68)59-40-24-35(58-48-51(70)61(8)29-41(60-48)38-14-16-57-49(39(38)30-67)66-21-20-65-43(50(66)69)23-34-26-52(6,7)27-44(34)65)10-12-42(40)64-19-18-62(28-33(64)5)36-15-17-63(32(4)22-36)37-11-13-46(74(71,72)31(2)3)45(25-37)73-53(54,55)56/h9-14,16,23-25,29,31-33,36,67H,1,15,17-22,26-28,30H2,2-8H3,(H,58,60)(H,59,68)/t32-,33+,36?/m1/s1. The zero-order valence-electron chi connectivity index (χ0n) is 42.7. The van der Waals surface area contributed by atoms with Gasteiger partial charge in [-0.2, -0.15) is 0 Å².